The van der Waals surface area contributed by atoms with Crippen LogP contribution in [0.15, 0.2) is 60.7 Å². The third-order valence-corrected chi connectivity index (χ3v) is 6.58. The Kier molecular flexibility index (Phi) is 9.63. The molecule has 0 aromatic heterocycles. The van der Waals surface area contributed by atoms with Gasteiger partial charge in [-0.25, -0.2) is 4.79 Å². The third kappa shape index (κ3) is 7.29. The molecule has 4 atom stereocenters. The molecule has 2 aliphatic heterocycles. The van der Waals surface area contributed by atoms with E-state index < -0.39 is 30.1 Å². The zero-order valence-corrected chi connectivity index (χ0v) is 23.5. The van der Waals surface area contributed by atoms with Crippen LogP contribution >= 0.6 is 0 Å². The molecule has 0 bridgehead atoms. The maximum atomic E-state index is 13.4. The maximum absolute atomic E-state index is 13.4. The Morgan fingerprint density at radius 2 is 1.88 bits per heavy atom. The van der Waals surface area contributed by atoms with E-state index in [0.717, 1.165) is 0 Å². The highest BCUT2D eigenvalue weighted by molar-refractivity contribution is 6.01. The number of hydrogen-bond acceptors (Lipinski definition) is 8. The Bertz CT molecular complexity index is 1240. The molecule has 1 saturated heterocycles. The summed E-state index contributed by atoms with van der Waals surface area (Å²) in [7, 11) is 3.06. The first-order valence-corrected chi connectivity index (χ1v) is 13.3. The first kappa shape index (κ1) is 29.3. The minimum atomic E-state index is -0.881. The summed E-state index contributed by atoms with van der Waals surface area (Å²) in [6.45, 7) is 5.95. The largest absolute Gasteiger partial charge is 0.497 e. The molecule has 40 heavy (non-hydrogen) atoms. The van der Waals surface area contributed by atoms with Gasteiger partial charge >= 0.3 is 5.97 Å². The topological polar surface area (TPSA) is 102 Å². The van der Waals surface area contributed by atoms with Crippen molar-refractivity contribution in [3.05, 3.63) is 77.4 Å². The number of carbonyl (C=O) groups excluding carboxylic acids is 2. The highest BCUT2D eigenvalue weighted by Gasteiger charge is 2.45. The van der Waals surface area contributed by atoms with Crippen LogP contribution in [0.3, 0.4) is 0 Å². The fourth-order valence-electron chi connectivity index (χ4n) is 4.68. The van der Waals surface area contributed by atoms with Crippen molar-refractivity contribution in [2.45, 2.75) is 51.3 Å². The Labute approximate surface area is 235 Å². The predicted octanol–water partition coefficient (Wildman–Crippen LogP) is 4.76. The number of hydrogen-bond donors (Lipinski definition) is 1. The van der Waals surface area contributed by atoms with Crippen LogP contribution in [0, 0.1) is 5.92 Å². The van der Waals surface area contributed by atoms with Crippen LogP contribution in [0.25, 0.3) is 6.08 Å². The summed E-state index contributed by atoms with van der Waals surface area (Å²) in [5, 5.41) is 2.99. The van der Waals surface area contributed by atoms with Crippen LogP contribution in [0.5, 0.6) is 11.5 Å². The van der Waals surface area contributed by atoms with Crippen LogP contribution in [0.2, 0.25) is 0 Å². The highest BCUT2D eigenvalue weighted by Crippen LogP contribution is 2.35. The molecule has 4 rings (SSSR count). The molecular weight excluding hydrogens is 514 g/mol. The lowest BCUT2D eigenvalue weighted by Gasteiger charge is -2.25. The van der Waals surface area contributed by atoms with Crippen LogP contribution in [-0.2, 0) is 18.9 Å². The monoisotopic (exact) mass is 551 g/mol. The zero-order valence-electron chi connectivity index (χ0n) is 23.5. The van der Waals surface area contributed by atoms with E-state index in [1.54, 1.807) is 43.5 Å². The Morgan fingerprint density at radius 3 is 2.60 bits per heavy atom. The zero-order chi connectivity index (χ0) is 28.7. The summed E-state index contributed by atoms with van der Waals surface area (Å²) in [5.74, 6) is -0.831. The fraction of sp³-hybridized carbons (Fsp3) is 0.419. The second-order valence-corrected chi connectivity index (χ2v) is 10.2. The molecule has 2 aromatic carbocycles. The Hall–Kier alpha value is -3.66. The molecular formula is C31H37NO8. The number of nitrogens with one attached hydrogen (secondary N) is 1. The lowest BCUT2D eigenvalue weighted by Crippen LogP contribution is -2.38. The molecule has 1 N–H and O–H groups in total. The van der Waals surface area contributed by atoms with Gasteiger partial charge in [-0.1, -0.05) is 43.4 Å². The van der Waals surface area contributed by atoms with Gasteiger partial charge in [0.15, 0.2) is 12.6 Å². The Balaban J connectivity index is 1.70. The van der Waals surface area contributed by atoms with Crippen molar-refractivity contribution < 1.29 is 38.0 Å². The van der Waals surface area contributed by atoms with Gasteiger partial charge in [0, 0.05) is 19.7 Å². The number of rotatable bonds is 6. The number of esters is 1. The average Bonchev–Trinajstić information content (AvgIpc) is 3.26. The van der Waals surface area contributed by atoms with Crippen LogP contribution < -0.4 is 14.8 Å². The van der Waals surface area contributed by atoms with Crippen molar-refractivity contribution in [3.63, 3.8) is 0 Å². The summed E-state index contributed by atoms with van der Waals surface area (Å²) < 4.78 is 34.8. The second-order valence-electron chi connectivity index (χ2n) is 10.2. The molecule has 0 saturated carbocycles. The van der Waals surface area contributed by atoms with Crippen molar-refractivity contribution in [3.8, 4) is 11.5 Å². The Morgan fingerprint density at radius 1 is 1.10 bits per heavy atom. The van der Waals surface area contributed by atoms with Gasteiger partial charge in [-0.2, -0.15) is 0 Å². The van der Waals surface area contributed by atoms with Crippen molar-refractivity contribution >= 4 is 18.0 Å². The van der Waals surface area contributed by atoms with Gasteiger partial charge in [0.05, 0.1) is 24.3 Å². The summed E-state index contributed by atoms with van der Waals surface area (Å²) in [6.07, 6.45) is 6.21. The van der Waals surface area contributed by atoms with E-state index in [0.29, 0.717) is 41.2 Å². The number of fused-ring (bicyclic) bond motifs is 2. The maximum Gasteiger partial charge on any atom is 0.338 e. The lowest BCUT2D eigenvalue weighted by molar-refractivity contribution is -0.152. The highest BCUT2D eigenvalue weighted by atomic mass is 16.8. The van der Waals surface area contributed by atoms with E-state index in [4.69, 9.17) is 28.4 Å². The molecule has 2 heterocycles. The minimum absolute atomic E-state index is 0.0250. The van der Waals surface area contributed by atoms with Gasteiger partial charge in [0.2, 0.25) is 0 Å². The van der Waals surface area contributed by atoms with Crippen LogP contribution in [0.1, 0.15) is 53.5 Å². The summed E-state index contributed by atoms with van der Waals surface area (Å²) in [4.78, 5) is 26.4. The molecule has 0 aliphatic carbocycles. The first-order valence-electron chi connectivity index (χ1n) is 13.3. The van der Waals surface area contributed by atoms with Gasteiger partial charge in [-0.05, 0) is 56.0 Å². The molecule has 2 aliphatic rings. The molecule has 0 spiro atoms. The van der Waals surface area contributed by atoms with Gasteiger partial charge in [-0.15, -0.1) is 0 Å². The predicted molar refractivity (Wildman–Crippen MR) is 149 cm³/mol. The quantitative estimate of drug-likeness (QED) is 0.312. The van der Waals surface area contributed by atoms with Crippen LogP contribution in [-0.4, -0.2) is 63.5 Å². The van der Waals surface area contributed by atoms with Crippen molar-refractivity contribution in [1.82, 2.24) is 5.32 Å². The molecule has 9 heteroatoms. The van der Waals surface area contributed by atoms with Crippen molar-refractivity contribution in [2.24, 2.45) is 5.92 Å². The van der Waals surface area contributed by atoms with Crippen molar-refractivity contribution in [2.75, 3.05) is 27.6 Å². The van der Waals surface area contributed by atoms with E-state index in [1.807, 2.05) is 51.1 Å². The standard InChI is InChI=1S/C31H37NO8/c1-20-14-15-24(38-30(34)21-10-7-6-8-11-21)28-25(39-31(2,3)40-28)13-9-12-22-16-23(36-5)17-26(37-19-35-4)27(22)29(33)32-18-20/h6-12,14-17,20,24-25,28H,13,18-19H2,1-5H3,(H,32,33)/b12-9+,15-14-/t20-,24?,25+,28?/m1/s1. The number of amides is 1. The molecule has 0 radical (unpaired) electrons. The SMILES string of the molecule is COCOc1cc(OC)cc2c1C(=O)NC[C@H](C)/C=C\C(OC(=O)c1ccccc1)C1OC(C)(C)O[C@H]1C/C=C/2. The molecule has 1 amide bonds. The minimum Gasteiger partial charge on any atom is -0.497 e. The van der Waals surface area contributed by atoms with Gasteiger partial charge in [0.1, 0.15) is 23.7 Å². The number of ether oxygens (including phenoxy) is 6. The molecule has 214 valence electrons. The first-order chi connectivity index (χ1) is 19.2. The van der Waals surface area contributed by atoms with Crippen molar-refractivity contribution in [1.29, 1.82) is 0 Å². The van der Waals surface area contributed by atoms with Crippen LogP contribution in [0.4, 0.5) is 0 Å². The summed E-state index contributed by atoms with van der Waals surface area (Å²) in [5.41, 5.74) is 1.43. The third-order valence-electron chi connectivity index (χ3n) is 6.58. The number of methoxy groups -OCH3 is 2. The normalized spacial score (nSPS) is 25.9. The van der Waals surface area contributed by atoms with Gasteiger partial charge < -0.3 is 33.7 Å². The molecule has 1 fully saturated rings. The van der Waals surface area contributed by atoms with E-state index in [1.165, 1.54) is 7.11 Å². The van der Waals surface area contributed by atoms with Gasteiger partial charge in [0.25, 0.3) is 5.91 Å². The number of benzene rings is 2. The van der Waals surface area contributed by atoms with E-state index in [9.17, 15) is 9.59 Å². The van der Waals surface area contributed by atoms with E-state index >= 15 is 0 Å². The van der Waals surface area contributed by atoms with E-state index in [2.05, 4.69) is 5.32 Å². The van der Waals surface area contributed by atoms with Gasteiger partial charge in [-0.3, -0.25) is 4.79 Å². The molecule has 9 nitrogen and oxygen atoms in total. The lowest BCUT2D eigenvalue weighted by atomic mass is 9.99. The summed E-state index contributed by atoms with van der Waals surface area (Å²) >= 11 is 0. The van der Waals surface area contributed by atoms with E-state index in [-0.39, 0.29) is 18.6 Å². The average molecular weight is 552 g/mol. The molecule has 2 unspecified atom stereocenters. The fourth-order valence-corrected chi connectivity index (χ4v) is 4.68. The smallest absolute Gasteiger partial charge is 0.338 e. The second kappa shape index (κ2) is 13.1. The summed E-state index contributed by atoms with van der Waals surface area (Å²) in [6, 6.07) is 12.3. The molecule has 2 aromatic rings. The number of carbonyl (C=O) groups is 2.